The lowest BCUT2D eigenvalue weighted by Crippen LogP contribution is -2.43. The van der Waals surface area contributed by atoms with Gasteiger partial charge in [0.15, 0.2) is 0 Å². The monoisotopic (exact) mass is 278 g/mol. The molecule has 0 saturated heterocycles. The largest absolute Gasteiger partial charge is 0.392 e. The Morgan fingerprint density at radius 2 is 1.84 bits per heavy atom. The van der Waals surface area contributed by atoms with Crippen molar-refractivity contribution in [2.45, 2.75) is 46.6 Å². The Labute approximate surface area is 120 Å². The van der Waals surface area contributed by atoms with Gasteiger partial charge in [0, 0.05) is 5.56 Å². The number of nitrogens with two attached hydrogens (primary N) is 1. The lowest BCUT2D eigenvalue weighted by molar-refractivity contribution is 0.0944. The van der Waals surface area contributed by atoms with Crippen molar-refractivity contribution in [3.63, 3.8) is 0 Å². The molecule has 1 aromatic rings. The molecule has 4 heteroatoms. The number of carbonyl (C=O) groups is 1. The SMILES string of the molecule is CCCC(NC(=O)c1c(C)cc(C)cc1C)C(N)=S. The van der Waals surface area contributed by atoms with E-state index >= 15 is 0 Å². The van der Waals surface area contributed by atoms with Crippen molar-refractivity contribution in [2.75, 3.05) is 0 Å². The molecule has 0 aliphatic carbocycles. The highest BCUT2D eigenvalue weighted by Crippen LogP contribution is 2.16. The van der Waals surface area contributed by atoms with Crippen LogP contribution in [-0.4, -0.2) is 16.9 Å². The maximum Gasteiger partial charge on any atom is 0.252 e. The Morgan fingerprint density at radius 3 is 2.26 bits per heavy atom. The maximum absolute atomic E-state index is 12.4. The van der Waals surface area contributed by atoms with E-state index in [1.54, 1.807) is 0 Å². The molecule has 0 aliphatic rings. The molecule has 3 nitrogen and oxygen atoms in total. The lowest BCUT2D eigenvalue weighted by atomic mass is 9.98. The first-order valence-electron chi connectivity index (χ1n) is 6.54. The normalized spacial score (nSPS) is 12.0. The molecule has 0 bridgehead atoms. The number of hydrogen-bond acceptors (Lipinski definition) is 2. The van der Waals surface area contributed by atoms with Crippen LogP contribution in [0.15, 0.2) is 12.1 Å². The van der Waals surface area contributed by atoms with E-state index in [-0.39, 0.29) is 11.9 Å². The summed E-state index contributed by atoms with van der Waals surface area (Å²) in [5.74, 6) is -0.0961. The second-order valence-corrected chi connectivity index (χ2v) is 5.46. The van der Waals surface area contributed by atoms with Gasteiger partial charge in [0.05, 0.1) is 11.0 Å². The number of nitrogens with one attached hydrogen (secondary N) is 1. The van der Waals surface area contributed by atoms with E-state index in [2.05, 4.69) is 5.32 Å². The molecule has 0 radical (unpaired) electrons. The summed E-state index contributed by atoms with van der Waals surface area (Å²) in [7, 11) is 0. The molecule has 0 spiro atoms. The smallest absolute Gasteiger partial charge is 0.252 e. The van der Waals surface area contributed by atoms with Gasteiger partial charge in [-0.3, -0.25) is 4.79 Å². The van der Waals surface area contributed by atoms with Gasteiger partial charge in [0.1, 0.15) is 0 Å². The van der Waals surface area contributed by atoms with E-state index in [0.29, 0.717) is 4.99 Å². The number of thiocarbonyl (C=S) groups is 1. The minimum absolute atomic E-state index is 0.0961. The molecule has 1 atom stereocenters. The topological polar surface area (TPSA) is 55.1 Å². The summed E-state index contributed by atoms with van der Waals surface area (Å²) < 4.78 is 0. The van der Waals surface area contributed by atoms with Crippen LogP contribution in [-0.2, 0) is 0 Å². The minimum atomic E-state index is -0.229. The fraction of sp³-hybridized carbons (Fsp3) is 0.467. The van der Waals surface area contributed by atoms with Gasteiger partial charge < -0.3 is 11.1 Å². The first kappa shape index (κ1) is 15.6. The molecule has 0 fully saturated rings. The van der Waals surface area contributed by atoms with Crippen LogP contribution >= 0.6 is 12.2 Å². The summed E-state index contributed by atoms with van der Waals surface area (Å²) in [6.07, 6.45) is 1.69. The number of rotatable bonds is 5. The van der Waals surface area contributed by atoms with Crippen LogP contribution in [0.4, 0.5) is 0 Å². The van der Waals surface area contributed by atoms with E-state index in [4.69, 9.17) is 18.0 Å². The van der Waals surface area contributed by atoms with Gasteiger partial charge in [-0.05, 0) is 38.3 Å². The van der Waals surface area contributed by atoms with Crippen molar-refractivity contribution in [2.24, 2.45) is 5.73 Å². The molecular formula is C15H22N2OS. The second-order valence-electron chi connectivity index (χ2n) is 4.99. The third-order valence-corrected chi connectivity index (χ3v) is 3.41. The average molecular weight is 278 g/mol. The van der Waals surface area contributed by atoms with Crippen molar-refractivity contribution in [3.8, 4) is 0 Å². The van der Waals surface area contributed by atoms with E-state index in [9.17, 15) is 4.79 Å². The highest BCUT2D eigenvalue weighted by Gasteiger charge is 2.18. The Bertz CT molecular complexity index is 474. The standard InChI is InChI=1S/C15H22N2OS/c1-5-6-12(14(16)19)17-15(18)13-10(3)7-9(2)8-11(13)4/h7-8,12H,5-6H2,1-4H3,(H2,16,19)(H,17,18). The summed E-state index contributed by atoms with van der Waals surface area (Å²) in [4.78, 5) is 12.7. The summed E-state index contributed by atoms with van der Waals surface area (Å²) in [6.45, 7) is 7.96. The Hall–Kier alpha value is -1.42. The highest BCUT2D eigenvalue weighted by atomic mass is 32.1. The van der Waals surface area contributed by atoms with Crippen LogP contribution in [0.1, 0.15) is 46.8 Å². The van der Waals surface area contributed by atoms with E-state index in [1.165, 1.54) is 0 Å². The van der Waals surface area contributed by atoms with Crippen molar-refractivity contribution >= 4 is 23.1 Å². The number of benzene rings is 1. The summed E-state index contributed by atoms with van der Waals surface area (Å²) in [5.41, 5.74) is 9.51. The molecule has 1 rings (SSSR count). The highest BCUT2D eigenvalue weighted by molar-refractivity contribution is 7.80. The maximum atomic E-state index is 12.4. The molecule has 0 saturated carbocycles. The Kier molecular flexibility index (Phi) is 5.48. The van der Waals surface area contributed by atoms with Gasteiger partial charge >= 0.3 is 0 Å². The first-order valence-corrected chi connectivity index (χ1v) is 6.95. The van der Waals surface area contributed by atoms with Crippen LogP contribution in [0.3, 0.4) is 0 Å². The van der Waals surface area contributed by atoms with Crippen LogP contribution in [0.25, 0.3) is 0 Å². The fourth-order valence-electron chi connectivity index (χ4n) is 2.34. The number of carbonyl (C=O) groups excluding carboxylic acids is 1. The zero-order valence-electron chi connectivity index (χ0n) is 12.0. The summed E-state index contributed by atoms with van der Waals surface area (Å²) >= 11 is 5.00. The number of hydrogen-bond donors (Lipinski definition) is 2. The first-order chi connectivity index (χ1) is 8.86. The molecule has 0 heterocycles. The van der Waals surface area contributed by atoms with Crippen molar-refractivity contribution in [1.29, 1.82) is 0 Å². The zero-order valence-corrected chi connectivity index (χ0v) is 12.9. The van der Waals surface area contributed by atoms with Gasteiger partial charge in [-0.15, -0.1) is 0 Å². The quantitative estimate of drug-likeness (QED) is 0.814. The Balaban J connectivity index is 2.98. The van der Waals surface area contributed by atoms with Gasteiger partial charge in [0.2, 0.25) is 0 Å². The molecule has 1 amide bonds. The molecule has 0 aliphatic heterocycles. The number of aryl methyl sites for hydroxylation is 3. The second kappa shape index (κ2) is 6.66. The van der Waals surface area contributed by atoms with Crippen molar-refractivity contribution < 1.29 is 4.79 Å². The van der Waals surface area contributed by atoms with Gasteiger partial charge in [-0.2, -0.15) is 0 Å². The average Bonchev–Trinajstić information content (AvgIpc) is 2.26. The molecule has 0 aromatic heterocycles. The Morgan fingerprint density at radius 1 is 1.32 bits per heavy atom. The van der Waals surface area contributed by atoms with Gasteiger partial charge in [-0.1, -0.05) is 43.3 Å². The van der Waals surface area contributed by atoms with Crippen LogP contribution in [0.5, 0.6) is 0 Å². The molecule has 104 valence electrons. The van der Waals surface area contributed by atoms with E-state index in [1.807, 2.05) is 39.8 Å². The van der Waals surface area contributed by atoms with E-state index in [0.717, 1.165) is 35.1 Å². The number of amides is 1. The molecule has 1 aromatic carbocycles. The summed E-state index contributed by atoms with van der Waals surface area (Å²) in [5, 5.41) is 2.93. The van der Waals surface area contributed by atoms with Crippen LogP contribution < -0.4 is 11.1 Å². The summed E-state index contributed by atoms with van der Waals surface area (Å²) in [6, 6.07) is 3.79. The van der Waals surface area contributed by atoms with Crippen LogP contribution in [0, 0.1) is 20.8 Å². The fourth-order valence-corrected chi connectivity index (χ4v) is 2.52. The van der Waals surface area contributed by atoms with Crippen molar-refractivity contribution in [1.82, 2.24) is 5.32 Å². The van der Waals surface area contributed by atoms with Crippen molar-refractivity contribution in [3.05, 3.63) is 34.4 Å². The molecule has 19 heavy (non-hydrogen) atoms. The third kappa shape index (κ3) is 4.03. The lowest BCUT2D eigenvalue weighted by Gasteiger charge is -2.18. The predicted molar refractivity (Wildman–Crippen MR) is 83.6 cm³/mol. The van der Waals surface area contributed by atoms with E-state index < -0.39 is 0 Å². The third-order valence-electron chi connectivity index (χ3n) is 3.13. The van der Waals surface area contributed by atoms with Crippen LogP contribution in [0.2, 0.25) is 0 Å². The van der Waals surface area contributed by atoms with Gasteiger partial charge in [-0.25, -0.2) is 0 Å². The molecular weight excluding hydrogens is 256 g/mol. The van der Waals surface area contributed by atoms with Gasteiger partial charge in [0.25, 0.3) is 5.91 Å². The minimum Gasteiger partial charge on any atom is -0.392 e. The molecule has 3 N–H and O–H groups in total. The zero-order chi connectivity index (χ0) is 14.6. The predicted octanol–water partition coefficient (Wildman–Crippen LogP) is 2.80. The molecule has 1 unspecified atom stereocenters.